The maximum absolute atomic E-state index is 11.3. The molecule has 0 bridgehead atoms. The lowest BCUT2D eigenvalue weighted by molar-refractivity contribution is -0.929. The van der Waals surface area contributed by atoms with E-state index in [0.29, 0.717) is 5.92 Å². The maximum atomic E-state index is 11.3. The predicted molar refractivity (Wildman–Crippen MR) is 158 cm³/mol. The van der Waals surface area contributed by atoms with Gasteiger partial charge in [-0.3, -0.25) is 0 Å². The van der Waals surface area contributed by atoms with E-state index in [1.165, 1.54) is 100 Å². The lowest BCUT2D eigenvalue weighted by Crippen LogP contribution is -2.50. The molecule has 0 saturated carbocycles. The van der Waals surface area contributed by atoms with Crippen LogP contribution in [-0.2, 0) is 6.42 Å². The van der Waals surface area contributed by atoms with Crippen LogP contribution in [0.15, 0.2) is 54.6 Å². The zero-order chi connectivity index (χ0) is 26.5. The highest BCUT2D eigenvalue weighted by Crippen LogP contribution is 2.27. The predicted octanol–water partition coefficient (Wildman–Crippen LogP) is 9.28. The van der Waals surface area contributed by atoms with Crippen molar-refractivity contribution in [2.45, 2.75) is 118 Å². The van der Waals surface area contributed by atoms with E-state index in [9.17, 15) is 5.11 Å². The lowest BCUT2D eigenvalue weighted by atomic mass is 9.89. The average Bonchev–Trinajstić information content (AvgIpc) is 2.91. The van der Waals surface area contributed by atoms with Crippen LogP contribution in [0.1, 0.15) is 122 Å². The molecule has 2 heteroatoms. The number of hydrogen-bond acceptors (Lipinski definition) is 1. The minimum atomic E-state index is 0.115. The third kappa shape index (κ3) is 13.5. The Bertz CT molecular complexity index is 719. The molecule has 0 fully saturated rings. The Morgan fingerprint density at radius 1 is 0.611 bits per heavy atom. The van der Waals surface area contributed by atoms with E-state index in [-0.39, 0.29) is 5.75 Å². The number of hydrogen-bond donors (Lipinski definition) is 0. The maximum Gasteiger partial charge on any atom is 0.0786 e. The first kappa shape index (κ1) is 32.2. The van der Waals surface area contributed by atoms with Crippen LogP contribution in [0.3, 0.4) is 0 Å². The molecule has 0 radical (unpaired) electrons. The summed E-state index contributed by atoms with van der Waals surface area (Å²) in [7, 11) is 0. The zero-order valence-corrected chi connectivity index (χ0v) is 24.4. The Morgan fingerprint density at radius 3 is 1.58 bits per heavy atom. The van der Waals surface area contributed by atoms with Crippen molar-refractivity contribution >= 4 is 0 Å². The number of unbranched alkanes of at least 4 members (excludes halogenated alkanes) is 4. The fraction of sp³-hybridized carbons (Fsp3) is 0.647. The van der Waals surface area contributed by atoms with Crippen molar-refractivity contribution in [1.29, 1.82) is 0 Å². The summed E-state index contributed by atoms with van der Waals surface area (Å²) in [6.45, 7) is 17.2. The molecule has 0 aliphatic carbocycles. The van der Waals surface area contributed by atoms with Crippen molar-refractivity contribution in [2.75, 3.05) is 26.2 Å². The number of aryl methyl sites for hydroxylation is 1. The van der Waals surface area contributed by atoms with Gasteiger partial charge in [0.25, 0.3) is 0 Å². The Kier molecular flexibility index (Phi) is 18.2. The van der Waals surface area contributed by atoms with Crippen molar-refractivity contribution in [2.24, 2.45) is 0 Å². The summed E-state index contributed by atoms with van der Waals surface area (Å²) in [5, 5.41) is 11.3. The van der Waals surface area contributed by atoms with Gasteiger partial charge >= 0.3 is 0 Å². The van der Waals surface area contributed by atoms with E-state index in [0.717, 1.165) is 18.4 Å². The molecular formula is C34H57NO. The molecule has 0 aliphatic heterocycles. The molecule has 204 valence electrons. The molecule has 36 heavy (non-hydrogen) atoms. The fourth-order valence-corrected chi connectivity index (χ4v) is 5.24. The smallest absolute Gasteiger partial charge is 0.0786 e. The Balaban J connectivity index is 0.000000363. The highest BCUT2D eigenvalue weighted by Gasteiger charge is 2.24. The highest BCUT2D eigenvalue weighted by molar-refractivity contribution is 5.27. The van der Waals surface area contributed by atoms with Crippen molar-refractivity contribution < 1.29 is 9.59 Å². The van der Waals surface area contributed by atoms with Crippen LogP contribution in [0.5, 0.6) is 5.75 Å². The van der Waals surface area contributed by atoms with Crippen molar-refractivity contribution in [3.63, 3.8) is 0 Å². The van der Waals surface area contributed by atoms with E-state index in [1.54, 1.807) is 12.1 Å². The third-order valence-electron chi connectivity index (χ3n) is 7.53. The summed E-state index contributed by atoms with van der Waals surface area (Å²) >= 11 is 0. The Hall–Kier alpha value is -1.80. The van der Waals surface area contributed by atoms with Crippen molar-refractivity contribution in [3.8, 4) is 5.75 Å². The van der Waals surface area contributed by atoms with Gasteiger partial charge in [-0.15, -0.1) is 5.75 Å². The van der Waals surface area contributed by atoms with Crippen LogP contribution in [-0.4, -0.2) is 30.7 Å². The molecule has 2 aromatic carbocycles. The molecular weight excluding hydrogens is 438 g/mol. The quantitative estimate of drug-likeness (QED) is 0.189. The standard InChI is InChI=1S/C18H22O.C16H36N/c1-2-7-16(17-9-4-3-5-10-17)13-12-15-8-6-11-18(19)14-15;1-5-9-13-17(14-10-6-2,15-11-7-3)16-12-8-4/h3-6,8-11,14,16,19H,2,7,12-13H2,1H3;5-16H2,1-4H3/q;+1/p-1. The monoisotopic (exact) mass is 495 g/mol. The van der Waals surface area contributed by atoms with Crippen molar-refractivity contribution in [1.82, 2.24) is 0 Å². The second-order valence-electron chi connectivity index (χ2n) is 10.7. The molecule has 0 N–H and O–H groups in total. The van der Waals surface area contributed by atoms with Gasteiger partial charge in [0, 0.05) is 0 Å². The molecule has 2 aromatic rings. The number of rotatable bonds is 18. The lowest BCUT2D eigenvalue weighted by Gasteiger charge is -2.39. The topological polar surface area (TPSA) is 23.1 Å². The van der Waals surface area contributed by atoms with Gasteiger partial charge < -0.3 is 9.59 Å². The van der Waals surface area contributed by atoms with Gasteiger partial charge in [0.15, 0.2) is 0 Å². The Morgan fingerprint density at radius 2 is 1.14 bits per heavy atom. The van der Waals surface area contributed by atoms with Crippen LogP contribution >= 0.6 is 0 Å². The highest BCUT2D eigenvalue weighted by atomic mass is 16.3. The number of nitrogens with zero attached hydrogens (tertiary/aromatic N) is 1. The molecule has 2 nitrogen and oxygen atoms in total. The van der Waals surface area contributed by atoms with E-state index in [4.69, 9.17) is 0 Å². The first-order valence-electron chi connectivity index (χ1n) is 15.2. The minimum Gasteiger partial charge on any atom is -0.872 e. The van der Waals surface area contributed by atoms with Crippen LogP contribution in [0.2, 0.25) is 0 Å². The Labute approximate surface area is 224 Å². The largest absolute Gasteiger partial charge is 0.872 e. The first-order chi connectivity index (χ1) is 17.5. The number of benzene rings is 2. The molecule has 0 aliphatic rings. The first-order valence-corrected chi connectivity index (χ1v) is 15.2. The zero-order valence-electron chi connectivity index (χ0n) is 24.4. The van der Waals surface area contributed by atoms with Gasteiger partial charge in [0.05, 0.1) is 26.2 Å². The normalized spacial score (nSPS) is 12.1. The van der Waals surface area contributed by atoms with Gasteiger partial charge in [-0.25, -0.2) is 0 Å². The summed E-state index contributed by atoms with van der Waals surface area (Å²) in [4.78, 5) is 0. The second-order valence-corrected chi connectivity index (χ2v) is 10.7. The summed E-state index contributed by atoms with van der Waals surface area (Å²) < 4.78 is 1.42. The van der Waals surface area contributed by atoms with Crippen LogP contribution in [0.4, 0.5) is 0 Å². The van der Waals surface area contributed by atoms with Crippen LogP contribution in [0.25, 0.3) is 0 Å². The third-order valence-corrected chi connectivity index (χ3v) is 7.53. The summed E-state index contributed by atoms with van der Waals surface area (Å²) in [6.07, 6.45) is 15.6. The van der Waals surface area contributed by atoms with E-state index in [1.807, 2.05) is 6.07 Å². The van der Waals surface area contributed by atoms with E-state index in [2.05, 4.69) is 71.0 Å². The average molecular weight is 496 g/mol. The van der Waals surface area contributed by atoms with Gasteiger partial charge in [-0.2, -0.15) is 0 Å². The van der Waals surface area contributed by atoms with Gasteiger partial charge in [-0.05, 0) is 62.0 Å². The van der Waals surface area contributed by atoms with E-state index < -0.39 is 0 Å². The van der Waals surface area contributed by atoms with Gasteiger partial charge in [-0.1, -0.05) is 121 Å². The van der Waals surface area contributed by atoms with Gasteiger partial charge in [0.1, 0.15) is 0 Å². The van der Waals surface area contributed by atoms with Crippen LogP contribution < -0.4 is 5.11 Å². The van der Waals surface area contributed by atoms with Crippen molar-refractivity contribution in [3.05, 3.63) is 65.7 Å². The fourth-order valence-electron chi connectivity index (χ4n) is 5.24. The SMILES string of the molecule is CCCC(CCc1cccc([O-])c1)c1ccccc1.CCCC[N+](CCCC)(CCCC)CCCC. The second kappa shape index (κ2) is 20.3. The molecule has 1 atom stereocenters. The summed E-state index contributed by atoms with van der Waals surface area (Å²) in [5.41, 5.74) is 2.58. The number of quaternary nitrogens is 1. The van der Waals surface area contributed by atoms with Gasteiger partial charge in [0.2, 0.25) is 0 Å². The molecule has 0 aromatic heterocycles. The summed E-state index contributed by atoms with van der Waals surface area (Å²) in [6, 6.07) is 18.0. The van der Waals surface area contributed by atoms with E-state index >= 15 is 0 Å². The molecule has 0 saturated heterocycles. The minimum absolute atomic E-state index is 0.115. The molecule has 2 rings (SSSR count). The summed E-state index contributed by atoms with van der Waals surface area (Å²) in [5.74, 6) is 0.714. The molecule has 0 heterocycles. The molecule has 0 spiro atoms. The molecule has 1 unspecified atom stereocenters. The molecule has 0 amide bonds. The van der Waals surface area contributed by atoms with Crippen LogP contribution in [0, 0.1) is 0 Å².